The Labute approximate surface area is 105 Å². The molecule has 0 amide bonds. The molecule has 4 heteroatoms. The van der Waals surface area contributed by atoms with Crippen molar-refractivity contribution >= 4 is 11.8 Å². The number of thioether (sulfide) groups is 1. The molecule has 0 spiro atoms. The van der Waals surface area contributed by atoms with Crippen LogP contribution in [0.3, 0.4) is 0 Å². The molecule has 17 heavy (non-hydrogen) atoms. The van der Waals surface area contributed by atoms with Gasteiger partial charge in [0, 0.05) is 23.3 Å². The lowest BCUT2D eigenvalue weighted by atomic mass is 10.3. The van der Waals surface area contributed by atoms with Crippen LogP contribution in [0.1, 0.15) is 13.3 Å². The predicted octanol–water partition coefficient (Wildman–Crippen LogP) is 3.61. The molecule has 0 aliphatic carbocycles. The van der Waals surface area contributed by atoms with Gasteiger partial charge in [0.2, 0.25) is 0 Å². The van der Waals surface area contributed by atoms with Crippen molar-refractivity contribution in [3.8, 4) is 0 Å². The summed E-state index contributed by atoms with van der Waals surface area (Å²) in [4.78, 5) is 0.461. The lowest BCUT2D eigenvalue weighted by molar-refractivity contribution is 0.566. The Morgan fingerprint density at radius 2 is 2.18 bits per heavy atom. The maximum atomic E-state index is 13.3. The van der Waals surface area contributed by atoms with Crippen molar-refractivity contribution in [2.75, 3.05) is 18.8 Å². The van der Waals surface area contributed by atoms with Gasteiger partial charge in [0.05, 0.1) is 0 Å². The smallest absolute Gasteiger partial charge is 0.139 e. The van der Waals surface area contributed by atoms with E-state index in [2.05, 4.69) is 18.8 Å². The van der Waals surface area contributed by atoms with Gasteiger partial charge in [-0.3, -0.25) is 0 Å². The quantitative estimate of drug-likeness (QED) is 0.455. The van der Waals surface area contributed by atoms with Gasteiger partial charge in [-0.2, -0.15) is 0 Å². The summed E-state index contributed by atoms with van der Waals surface area (Å²) in [5, 5.41) is 3.23. The molecular formula is C13H17F2NS. The number of hydrogen-bond donors (Lipinski definition) is 1. The van der Waals surface area contributed by atoms with Crippen molar-refractivity contribution in [1.82, 2.24) is 5.32 Å². The first-order chi connectivity index (χ1) is 8.13. The maximum Gasteiger partial charge on any atom is 0.139 e. The average molecular weight is 257 g/mol. The molecule has 0 fully saturated rings. The highest BCUT2D eigenvalue weighted by molar-refractivity contribution is 7.99. The van der Waals surface area contributed by atoms with Crippen LogP contribution >= 0.6 is 11.8 Å². The Bertz CT molecular complexity index is 380. The third kappa shape index (κ3) is 5.33. The normalized spacial score (nSPS) is 10.5. The van der Waals surface area contributed by atoms with Gasteiger partial charge in [-0.05, 0) is 25.1 Å². The number of nitrogens with one attached hydrogen (secondary N) is 1. The fourth-order valence-electron chi connectivity index (χ4n) is 1.27. The largest absolute Gasteiger partial charge is 0.313 e. The van der Waals surface area contributed by atoms with Gasteiger partial charge in [0.1, 0.15) is 11.6 Å². The van der Waals surface area contributed by atoms with Crippen molar-refractivity contribution in [3.05, 3.63) is 42.0 Å². The molecule has 0 aromatic heterocycles. The third-order valence-electron chi connectivity index (χ3n) is 2.13. The van der Waals surface area contributed by atoms with E-state index in [9.17, 15) is 8.78 Å². The molecule has 0 saturated carbocycles. The summed E-state index contributed by atoms with van der Waals surface area (Å²) in [5.74, 6) is -0.418. The molecule has 0 bridgehead atoms. The molecule has 0 heterocycles. The number of hydrogen-bond acceptors (Lipinski definition) is 2. The summed E-state index contributed by atoms with van der Waals surface area (Å²) in [6.45, 7) is 7.70. The van der Waals surface area contributed by atoms with Gasteiger partial charge in [0.25, 0.3) is 0 Å². The first kappa shape index (κ1) is 14.2. The highest BCUT2D eigenvalue weighted by atomic mass is 32.2. The molecule has 1 aromatic rings. The summed E-state index contributed by atoms with van der Waals surface area (Å²) in [7, 11) is 0. The molecule has 0 unspecified atom stereocenters. The Kier molecular flexibility index (Phi) is 6.22. The fraction of sp³-hybridized carbons (Fsp3) is 0.385. The molecule has 0 radical (unpaired) electrons. The Balaban J connectivity index is 2.37. The summed E-state index contributed by atoms with van der Waals surface area (Å²) in [5.41, 5.74) is 1.01. The van der Waals surface area contributed by atoms with Crippen molar-refractivity contribution in [3.63, 3.8) is 0 Å². The number of benzene rings is 1. The first-order valence-corrected chi connectivity index (χ1v) is 6.57. The van der Waals surface area contributed by atoms with Crippen LogP contribution in [0.2, 0.25) is 0 Å². The predicted molar refractivity (Wildman–Crippen MR) is 69.4 cm³/mol. The maximum absolute atomic E-state index is 13.3. The van der Waals surface area contributed by atoms with E-state index in [4.69, 9.17) is 0 Å². The lowest BCUT2D eigenvalue weighted by Gasteiger charge is -2.07. The standard InChI is InChI=1S/C13H17F2NS/c1-3-6-16-8-10(2)9-17-13-5-4-11(14)7-12(13)15/h4-5,7,16H,2-3,6,8-9H2,1H3. The SMILES string of the molecule is C=C(CNCCC)CSc1ccc(F)cc1F. The van der Waals surface area contributed by atoms with Gasteiger partial charge in [0.15, 0.2) is 0 Å². The zero-order valence-corrected chi connectivity index (χ0v) is 10.7. The molecule has 0 saturated heterocycles. The van der Waals surface area contributed by atoms with Crippen molar-refractivity contribution in [1.29, 1.82) is 0 Å². The lowest BCUT2D eigenvalue weighted by Crippen LogP contribution is -2.18. The molecule has 0 aliphatic heterocycles. The highest BCUT2D eigenvalue weighted by Gasteiger charge is 2.04. The minimum Gasteiger partial charge on any atom is -0.313 e. The highest BCUT2D eigenvalue weighted by Crippen LogP contribution is 2.23. The van der Waals surface area contributed by atoms with Crippen molar-refractivity contribution < 1.29 is 8.78 Å². The zero-order valence-electron chi connectivity index (χ0n) is 9.93. The van der Waals surface area contributed by atoms with Gasteiger partial charge >= 0.3 is 0 Å². The second kappa shape index (κ2) is 7.45. The van der Waals surface area contributed by atoms with Crippen molar-refractivity contribution in [2.24, 2.45) is 0 Å². The van der Waals surface area contributed by atoms with Crippen LogP contribution in [-0.4, -0.2) is 18.8 Å². The molecule has 1 N–H and O–H groups in total. The van der Waals surface area contributed by atoms with E-state index in [-0.39, 0.29) is 0 Å². The zero-order chi connectivity index (χ0) is 12.7. The average Bonchev–Trinajstić information content (AvgIpc) is 2.28. The third-order valence-corrected chi connectivity index (χ3v) is 3.32. The molecule has 1 aromatic carbocycles. The van der Waals surface area contributed by atoms with E-state index in [0.29, 0.717) is 10.6 Å². The van der Waals surface area contributed by atoms with Crippen LogP contribution in [-0.2, 0) is 0 Å². The van der Waals surface area contributed by atoms with Gasteiger partial charge < -0.3 is 5.32 Å². The monoisotopic (exact) mass is 257 g/mol. The Morgan fingerprint density at radius 1 is 1.41 bits per heavy atom. The van der Waals surface area contributed by atoms with Crippen molar-refractivity contribution in [2.45, 2.75) is 18.2 Å². The molecule has 94 valence electrons. The van der Waals surface area contributed by atoms with Crippen LogP contribution < -0.4 is 5.32 Å². The van der Waals surface area contributed by atoms with E-state index >= 15 is 0 Å². The van der Waals surface area contributed by atoms with Gasteiger partial charge in [-0.15, -0.1) is 11.8 Å². The van der Waals surface area contributed by atoms with Crippen LogP contribution in [0.25, 0.3) is 0 Å². The minimum atomic E-state index is -0.546. The summed E-state index contributed by atoms with van der Waals surface area (Å²) >= 11 is 1.34. The molecule has 0 atom stereocenters. The summed E-state index contributed by atoms with van der Waals surface area (Å²) in [6, 6.07) is 3.63. The van der Waals surface area contributed by atoms with Crippen LogP contribution in [0.15, 0.2) is 35.2 Å². The van der Waals surface area contributed by atoms with E-state index in [0.717, 1.165) is 31.1 Å². The topological polar surface area (TPSA) is 12.0 Å². The Hall–Kier alpha value is -0.870. The summed E-state index contributed by atoms with van der Waals surface area (Å²) in [6.07, 6.45) is 1.08. The number of halogens is 2. The molecule has 1 rings (SSSR count). The van der Waals surface area contributed by atoms with E-state index in [1.54, 1.807) is 0 Å². The Morgan fingerprint density at radius 3 is 2.82 bits per heavy atom. The van der Waals surface area contributed by atoms with Crippen LogP contribution in [0.5, 0.6) is 0 Å². The first-order valence-electron chi connectivity index (χ1n) is 5.58. The number of rotatable bonds is 7. The second-order valence-electron chi connectivity index (χ2n) is 3.79. The van der Waals surface area contributed by atoms with E-state index < -0.39 is 11.6 Å². The van der Waals surface area contributed by atoms with E-state index in [1.807, 2.05) is 0 Å². The van der Waals surface area contributed by atoms with Crippen LogP contribution in [0.4, 0.5) is 8.78 Å². The minimum absolute atomic E-state index is 0.461. The second-order valence-corrected chi connectivity index (χ2v) is 4.81. The van der Waals surface area contributed by atoms with E-state index in [1.165, 1.54) is 23.9 Å². The van der Waals surface area contributed by atoms with Gasteiger partial charge in [-0.1, -0.05) is 19.1 Å². The van der Waals surface area contributed by atoms with Gasteiger partial charge in [-0.25, -0.2) is 8.78 Å². The van der Waals surface area contributed by atoms with Crippen LogP contribution in [0, 0.1) is 11.6 Å². The molecular weight excluding hydrogens is 240 g/mol. The summed E-state index contributed by atoms with van der Waals surface area (Å²) < 4.78 is 26.0. The fourth-order valence-corrected chi connectivity index (χ4v) is 2.09. The molecule has 1 nitrogen and oxygen atoms in total. The molecule has 0 aliphatic rings.